The molecule has 0 aliphatic carbocycles. The highest BCUT2D eigenvalue weighted by atomic mass is 35.5. The zero-order valence-electron chi connectivity index (χ0n) is 14.8. The predicted molar refractivity (Wildman–Crippen MR) is 105 cm³/mol. The van der Waals surface area contributed by atoms with Crippen LogP contribution in [-0.2, 0) is 4.79 Å². The lowest BCUT2D eigenvalue weighted by molar-refractivity contribution is -0.114. The summed E-state index contributed by atoms with van der Waals surface area (Å²) in [6, 6.07) is 8.68. The molecule has 0 bridgehead atoms. The van der Waals surface area contributed by atoms with Crippen LogP contribution in [0.5, 0.6) is 0 Å². The van der Waals surface area contributed by atoms with Crippen molar-refractivity contribution in [3.05, 3.63) is 63.6 Å². The summed E-state index contributed by atoms with van der Waals surface area (Å²) in [4.78, 5) is 24.0. The second-order valence-corrected chi connectivity index (χ2v) is 6.70. The quantitative estimate of drug-likeness (QED) is 0.597. The molecule has 2 N–H and O–H groups in total. The number of anilines is 2. The highest BCUT2D eigenvalue weighted by Crippen LogP contribution is 2.37. The minimum absolute atomic E-state index is 0.0688. The summed E-state index contributed by atoms with van der Waals surface area (Å²) >= 11 is 12.4. The maximum atomic E-state index is 14.2. The van der Waals surface area contributed by atoms with Crippen molar-refractivity contribution in [2.45, 2.75) is 13.8 Å². The lowest BCUT2D eigenvalue weighted by atomic mass is 10.1. The van der Waals surface area contributed by atoms with E-state index in [-0.39, 0.29) is 38.7 Å². The molecule has 3 aromatic rings. The van der Waals surface area contributed by atoms with E-state index in [2.05, 4.69) is 15.8 Å². The molecule has 0 radical (unpaired) electrons. The van der Waals surface area contributed by atoms with Crippen LogP contribution in [0.4, 0.5) is 15.8 Å². The number of rotatable bonds is 4. The molecule has 144 valence electrons. The number of nitrogens with one attached hydrogen (secondary N) is 2. The van der Waals surface area contributed by atoms with E-state index in [1.54, 1.807) is 25.1 Å². The molecule has 2 aromatic carbocycles. The third-order valence-electron chi connectivity index (χ3n) is 3.82. The first-order valence-corrected chi connectivity index (χ1v) is 8.82. The highest BCUT2D eigenvalue weighted by Gasteiger charge is 2.25. The van der Waals surface area contributed by atoms with Crippen LogP contribution in [0.2, 0.25) is 10.0 Å². The molecule has 0 fully saturated rings. The Kier molecular flexibility index (Phi) is 5.67. The average Bonchev–Trinajstić information content (AvgIpc) is 2.98. The Hall–Kier alpha value is -2.90. The van der Waals surface area contributed by atoms with Gasteiger partial charge in [0.25, 0.3) is 5.91 Å². The van der Waals surface area contributed by atoms with Gasteiger partial charge in [-0.15, -0.1) is 0 Å². The SMILES string of the molecule is CC(=O)Nc1ccc(F)c(NC(=O)c2c(-c3c(Cl)cccc3Cl)noc2C)c1. The second-order valence-electron chi connectivity index (χ2n) is 5.89. The number of nitrogens with zero attached hydrogens (tertiary/aromatic N) is 1. The smallest absolute Gasteiger partial charge is 0.261 e. The first kappa shape index (κ1) is 19.9. The van der Waals surface area contributed by atoms with Crippen LogP contribution in [0.3, 0.4) is 0 Å². The largest absolute Gasteiger partial charge is 0.360 e. The van der Waals surface area contributed by atoms with Crippen molar-refractivity contribution in [2.24, 2.45) is 0 Å². The summed E-state index contributed by atoms with van der Waals surface area (Å²) in [5, 5.41) is 9.45. The van der Waals surface area contributed by atoms with Crippen molar-refractivity contribution < 1.29 is 18.5 Å². The molecule has 9 heteroatoms. The van der Waals surface area contributed by atoms with Crippen molar-refractivity contribution in [1.29, 1.82) is 0 Å². The van der Waals surface area contributed by atoms with E-state index in [0.717, 1.165) is 6.07 Å². The second kappa shape index (κ2) is 8.00. The van der Waals surface area contributed by atoms with E-state index in [1.165, 1.54) is 19.1 Å². The van der Waals surface area contributed by atoms with Crippen LogP contribution in [0, 0.1) is 12.7 Å². The fourth-order valence-electron chi connectivity index (χ4n) is 2.62. The van der Waals surface area contributed by atoms with Crippen LogP contribution in [0.25, 0.3) is 11.3 Å². The number of hydrogen-bond acceptors (Lipinski definition) is 4. The predicted octanol–water partition coefficient (Wildman–Crippen LogP) is 5.31. The molecule has 3 rings (SSSR count). The summed E-state index contributed by atoms with van der Waals surface area (Å²) in [7, 11) is 0. The van der Waals surface area contributed by atoms with Gasteiger partial charge in [-0.25, -0.2) is 4.39 Å². The number of aromatic nitrogens is 1. The Morgan fingerprint density at radius 1 is 1.11 bits per heavy atom. The van der Waals surface area contributed by atoms with Gasteiger partial charge in [-0.3, -0.25) is 9.59 Å². The Labute approximate surface area is 169 Å². The van der Waals surface area contributed by atoms with Crippen molar-refractivity contribution in [1.82, 2.24) is 5.16 Å². The number of amides is 2. The number of aryl methyl sites for hydroxylation is 1. The number of hydrogen-bond donors (Lipinski definition) is 2. The lowest BCUT2D eigenvalue weighted by Gasteiger charge is -2.10. The van der Waals surface area contributed by atoms with Crippen LogP contribution in [0.15, 0.2) is 40.9 Å². The average molecular weight is 422 g/mol. The van der Waals surface area contributed by atoms with Crippen LogP contribution in [-0.4, -0.2) is 17.0 Å². The fourth-order valence-corrected chi connectivity index (χ4v) is 3.20. The monoisotopic (exact) mass is 421 g/mol. The number of benzene rings is 2. The molecule has 0 unspecified atom stereocenters. The Bertz CT molecular complexity index is 1060. The summed E-state index contributed by atoms with van der Waals surface area (Å²) in [5.41, 5.74) is 0.761. The molecule has 0 aliphatic rings. The molecule has 1 aromatic heterocycles. The van der Waals surface area contributed by atoms with E-state index >= 15 is 0 Å². The lowest BCUT2D eigenvalue weighted by Crippen LogP contribution is -2.15. The molecular formula is C19H14Cl2FN3O3. The molecule has 2 amide bonds. The summed E-state index contributed by atoms with van der Waals surface area (Å²) in [6.07, 6.45) is 0. The van der Waals surface area contributed by atoms with Gasteiger partial charge in [0.05, 0.1) is 15.7 Å². The normalized spacial score (nSPS) is 10.6. The molecule has 0 atom stereocenters. The van der Waals surface area contributed by atoms with Gasteiger partial charge in [-0.1, -0.05) is 34.4 Å². The minimum atomic E-state index is -0.672. The standard InChI is InChI=1S/C19H14Cl2FN3O3/c1-9-16(18(25-28-9)17-12(20)4-3-5-13(17)21)19(27)24-15-8-11(23-10(2)26)6-7-14(15)22/h3-8H,1-2H3,(H,23,26)(H,24,27). The number of halogens is 3. The van der Waals surface area contributed by atoms with E-state index in [9.17, 15) is 14.0 Å². The fraction of sp³-hybridized carbons (Fsp3) is 0.105. The first-order chi connectivity index (χ1) is 13.3. The van der Waals surface area contributed by atoms with Gasteiger partial charge in [0.1, 0.15) is 22.8 Å². The summed E-state index contributed by atoms with van der Waals surface area (Å²) in [6.45, 7) is 2.86. The van der Waals surface area contributed by atoms with Gasteiger partial charge >= 0.3 is 0 Å². The molecule has 0 saturated heterocycles. The Morgan fingerprint density at radius 3 is 2.43 bits per heavy atom. The van der Waals surface area contributed by atoms with Gasteiger partial charge in [-0.2, -0.15) is 0 Å². The Morgan fingerprint density at radius 2 is 1.79 bits per heavy atom. The Balaban J connectivity index is 1.99. The van der Waals surface area contributed by atoms with Crippen molar-refractivity contribution in [3.8, 4) is 11.3 Å². The molecule has 0 spiro atoms. The zero-order chi connectivity index (χ0) is 20.4. The minimum Gasteiger partial charge on any atom is -0.360 e. The van der Waals surface area contributed by atoms with E-state index < -0.39 is 11.7 Å². The van der Waals surface area contributed by atoms with Crippen LogP contribution >= 0.6 is 23.2 Å². The molecule has 6 nitrogen and oxygen atoms in total. The topological polar surface area (TPSA) is 84.2 Å². The third-order valence-corrected chi connectivity index (χ3v) is 4.45. The van der Waals surface area contributed by atoms with Crippen molar-refractivity contribution in [2.75, 3.05) is 10.6 Å². The zero-order valence-corrected chi connectivity index (χ0v) is 16.3. The first-order valence-electron chi connectivity index (χ1n) is 8.07. The van der Waals surface area contributed by atoms with Crippen molar-refractivity contribution in [3.63, 3.8) is 0 Å². The van der Waals surface area contributed by atoms with Crippen LogP contribution < -0.4 is 10.6 Å². The molecule has 0 saturated carbocycles. The maximum Gasteiger partial charge on any atom is 0.261 e. The number of carbonyl (C=O) groups excluding carboxylic acids is 2. The number of carbonyl (C=O) groups is 2. The van der Waals surface area contributed by atoms with Gasteiger partial charge in [-0.05, 0) is 37.3 Å². The summed E-state index contributed by atoms with van der Waals surface area (Å²) in [5.74, 6) is -1.45. The third kappa shape index (κ3) is 4.00. The van der Waals surface area contributed by atoms with Crippen molar-refractivity contribution >= 4 is 46.4 Å². The van der Waals surface area contributed by atoms with Crippen LogP contribution in [0.1, 0.15) is 23.0 Å². The molecule has 28 heavy (non-hydrogen) atoms. The van der Waals surface area contributed by atoms with Gasteiger partial charge in [0, 0.05) is 18.2 Å². The molecular weight excluding hydrogens is 408 g/mol. The van der Waals surface area contributed by atoms with E-state index in [0.29, 0.717) is 11.3 Å². The van der Waals surface area contributed by atoms with Gasteiger partial charge in [0.15, 0.2) is 0 Å². The van der Waals surface area contributed by atoms with E-state index in [4.69, 9.17) is 27.7 Å². The highest BCUT2D eigenvalue weighted by molar-refractivity contribution is 6.39. The van der Waals surface area contributed by atoms with Gasteiger partial charge in [0.2, 0.25) is 5.91 Å². The molecule has 0 aliphatic heterocycles. The van der Waals surface area contributed by atoms with E-state index in [1.807, 2.05) is 0 Å². The molecule has 1 heterocycles. The van der Waals surface area contributed by atoms with Gasteiger partial charge < -0.3 is 15.2 Å². The maximum absolute atomic E-state index is 14.2. The summed E-state index contributed by atoms with van der Waals surface area (Å²) < 4.78 is 19.3.